The van der Waals surface area contributed by atoms with E-state index in [2.05, 4.69) is 29.2 Å². The summed E-state index contributed by atoms with van der Waals surface area (Å²) in [5, 5.41) is 0. The first-order chi connectivity index (χ1) is 10.3. The van der Waals surface area contributed by atoms with E-state index in [9.17, 15) is 4.79 Å². The van der Waals surface area contributed by atoms with E-state index in [1.807, 2.05) is 36.4 Å². The molecule has 0 aliphatic carbocycles. The molecule has 108 valence electrons. The van der Waals surface area contributed by atoms with Crippen LogP contribution in [0.3, 0.4) is 0 Å². The highest BCUT2D eigenvalue weighted by molar-refractivity contribution is 5.96. The Bertz CT molecular complexity index is 573. The van der Waals surface area contributed by atoms with Gasteiger partial charge in [0, 0.05) is 18.0 Å². The highest BCUT2D eigenvalue weighted by Crippen LogP contribution is 2.29. The molecule has 1 fully saturated rings. The van der Waals surface area contributed by atoms with E-state index >= 15 is 0 Å². The van der Waals surface area contributed by atoms with E-state index in [1.54, 1.807) is 0 Å². The molecular formula is C19H21NO. The Morgan fingerprint density at radius 3 is 2.10 bits per heavy atom. The molecule has 1 aliphatic rings. The summed E-state index contributed by atoms with van der Waals surface area (Å²) in [6.45, 7) is 2.20. The average Bonchev–Trinajstić information content (AvgIpc) is 3.08. The summed E-state index contributed by atoms with van der Waals surface area (Å²) in [5.41, 5.74) is 2.07. The summed E-state index contributed by atoms with van der Waals surface area (Å²) in [6.07, 6.45) is 3.04. The summed E-state index contributed by atoms with van der Waals surface area (Å²) in [6, 6.07) is 20.3. The summed E-state index contributed by atoms with van der Waals surface area (Å²) in [4.78, 5) is 15.0. The van der Waals surface area contributed by atoms with Gasteiger partial charge >= 0.3 is 0 Å². The van der Waals surface area contributed by atoms with Gasteiger partial charge in [0.25, 0.3) is 0 Å². The Morgan fingerprint density at radius 1 is 0.905 bits per heavy atom. The number of ketones is 1. The van der Waals surface area contributed by atoms with Gasteiger partial charge in [-0.15, -0.1) is 0 Å². The minimum Gasteiger partial charge on any atom is -0.296 e. The van der Waals surface area contributed by atoms with Crippen molar-refractivity contribution in [1.82, 2.24) is 4.90 Å². The van der Waals surface area contributed by atoms with Crippen molar-refractivity contribution in [2.45, 2.75) is 25.3 Å². The highest BCUT2D eigenvalue weighted by atomic mass is 16.1. The van der Waals surface area contributed by atoms with Gasteiger partial charge in [-0.1, -0.05) is 60.7 Å². The number of carbonyl (C=O) groups is 1. The molecule has 21 heavy (non-hydrogen) atoms. The predicted molar refractivity (Wildman–Crippen MR) is 85.4 cm³/mol. The first-order valence-corrected chi connectivity index (χ1v) is 7.72. The van der Waals surface area contributed by atoms with Gasteiger partial charge in [0.05, 0.1) is 0 Å². The number of likely N-dealkylation sites (tertiary alicyclic amines) is 1. The van der Waals surface area contributed by atoms with E-state index in [-0.39, 0.29) is 11.8 Å². The maximum Gasteiger partial charge on any atom is 0.164 e. The van der Waals surface area contributed by atoms with Crippen molar-refractivity contribution in [1.29, 1.82) is 0 Å². The first-order valence-electron chi connectivity index (χ1n) is 7.72. The standard InChI is InChI=1S/C19H21NO/c21-19(17-11-5-2-6-12-17)15-18(20-13-7-8-14-20)16-9-3-1-4-10-16/h1-6,9-12,18H,7-8,13-15H2/t18-/m1/s1. The first kappa shape index (κ1) is 14.0. The largest absolute Gasteiger partial charge is 0.296 e. The summed E-state index contributed by atoms with van der Waals surface area (Å²) in [7, 11) is 0. The zero-order chi connectivity index (χ0) is 14.5. The number of carbonyl (C=O) groups excluding carboxylic acids is 1. The summed E-state index contributed by atoms with van der Waals surface area (Å²) >= 11 is 0. The topological polar surface area (TPSA) is 20.3 Å². The second kappa shape index (κ2) is 6.68. The van der Waals surface area contributed by atoms with Crippen LogP contribution in [0.25, 0.3) is 0 Å². The Balaban J connectivity index is 1.81. The minimum absolute atomic E-state index is 0.210. The fraction of sp³-hybridized carbons (Fsp3) is 0.316. The molecule has 0 N–H and O–H groups in total. The van der Waals surface area contributed by atoms with Crippen LogP contribution in [-0.2, 0) is 0 Å². The van der Waals surface area contributed by atoms with Crippen molar-refractivity contribution >= 4 is 5.78 Å². The highest BCUT2D eigenvalue weighted by Gasteiger charge is 2.25. The maximum absolute atomic E-state index is 12.6. The lowest BCUT2D eigenvalue weighted by molar-refractivity contribution is 0.0932. The number of Topliss-reactive ketones (excluding diaryl/α,β-unsaturated/α-hetero) is 1. The molecule has 0 bridgehead atoms. The second-order valence-corrected chi connectivity index (χ2v) is 5.66. The molecule has 3 rings (SSSR count). The average molecular weight is 279 g/mol. The molecule has 0 unspecified atom stereocenters. The van der Waals surface area contributed by atoms with Gasteiger partial charge in [0.15, 0.2) is 5.78 Å². The summed E-state index contributed by atoms with van der Waals surface area (Å²) in [5.74, 6) is 0.233. The van der Waals surface area contributed by atoms with E-state index in [0.717, 1.165) is 18.7 Å². The number of nitrogens with zero attached hydrogens (tertiary/aromatic N) is 1. The van der Waals surface area contributed by atoms with E-state index in [4.69, 9.17) is 0 Å². The zero-order valence-corrected chi connectivity index (χ0v) is 12.2. The third-order valence-corrected chi connectivity index (χ3v) is 4.24. The van der Waals surface area contributed by atoms with Crippen LogP contribution in [0.2, 0.25) is 0 Å². The molecule has 0 radical (unpaired) electrons. The molecule has 1 saturated heterocycles. The molecule has 0 saturated carbocycles. The van der Waals surface area contributed by atoms with E-state index in [1.165, 1.54) is 18.4 Å². The molecule has 0 spiro atoms. The van der Waals surface area contributed by atoms with Gasteiger partial charge in [-0.25, -0.2) is 0 Å². The van der Waals surface area contributed by atoms with Crippen molar-refractivity contribution < 1.29 is 4.79 Å². The lowest BCUT2D eigenvalue weighted by atomic mass is 9.97. The van der Waals surface area contributed by atoms with Gasteiger partial charge in [-0.05, 0) is 31.5 Å². The number of hydrogen-bond donors (Lipinski definition) is 0. The number of hydrogen-bond acceptors (Lipinski definition) is 2. The molecule has 0 amide bonds. The van der Waals surface area contributed by atoms with Gasteiger partial charge in [-0.3, -0.25) is 9.69 Å². The van der Waals surface area contributed by atoms with Crippen LogP contribution in [0.15, 0.2) is 60.7 Å². The van der Waals surface area contributed by atoms with Gasteiger partial charge in [0.1, 0.15) is 0 Å². The molecular weight excluding hydrogens is 258 g/mol. The zero-order valence-electron chi connectivity index (χ0n) is 12.2. The van der Waals surface area contributed by atoms with Crippen LogP contribution in [0.5, 0.6) is 0 Å². The molecule has 0 aromatic heterocycles. The van der Waals surface area contributed by atoms with Crippen molar-refractivity contribution in [3.8, 4) is 0 Å². The third kappa shape index (κ3) is 3.40. The second-order valence-electron chi connectivity index (χ2n) is 5.66. The lowest BCUT2D eigenvalue weighted by Crippen LogP contribution is -2.27. The smallest absolute Gasteiger partial charge is 0.164 e. The summed E-state index contributed by atoms with van der Waals surface area (Å²) < 4.78 is 0. The Morgan fingerprint density at radius 2 is 1.48 bits per heavy atom. The lowest BCUT2D eigenvalue weighted by Gasteiger charge is -2.27. The van der Waals surface area contributed by atoms with Gasteiger partial charge in [0.2, 0.25) is 0 Å². The normalized spacial score (nSPS) is 16.8. The SMILES string of the molecule is O=C(C[C@H](c1ccccc1)N1CCCC1)c1ccccc1. The number of rotatable bonds is 5. The minimum atomic E-state index is 0.210. The van der Waals surface area contributed by atoms with Crippen LogP contribution in [0, 0.1) is 0 Å². The van der Waals surface area contributed by atoms with Crippen molar-refractivity contribution in [2.75, 3.05) is 13.1 Å². The van der Waals surface area contributed by atoms with Crippen LogP contribution in [0.4, 0.5) is 0 Å². The Kier molecular flexibility index (Phi) is 4.46. The van der Waals surface area contributed by atoms with Crippen LogP contribution < -0.4 is 0 Å². The van der Waals surface area contributed by atoms with E-state index in [0.29, 0.717) is 6.42 Å². The molecule has 1 aliphatic heterocycles. The molecule has 1 heterocycles. The van der Waals surface area contributed by atoms with Crippen LogP contribution in [-0.4, -0.2) is 23.8 Å². The molecule has 1 atom stereocenters. The maximum atomic E-state index is 12.6. The Labute approximate surface area is 126 Å². The third-order valence-electron chi connectivity index (χ3n) is 4.24. The van der Waals surface area contributed by atoms with Gasteiger partial charge in [-0.2, -0.15) is 0 Å². The fourth-order valence-electron chi connectivity index (χ4n) is 3.10. The molecule has 2 nitrogen and oxygen atoms in total. The number of benzene rings is 2. The van der Waals surface area contributed by atoms with Crippen LogP contribution >= 0.6 is 0 Å². The van der Waals surface area contributed by atoms with Gasteiger partial charge < -0.3 is 0 Å². The predicted octanol–water partition coefficient (Wildman–Crippen LogP) is 4.10. The molecule has 2 heteroatoms. The fourth-order valence-corrected chi connectivity index (χ4v) is 3.10. The van der Waals surface area contributed by atoms with Crippen LogP contribution in [0.1, 0.15) is 41.2 Å². The molecule has 2 aromatic carbocycles. The van der Waals surface area contributed by atoms with Crippen molar-refractivity contribution in [2.24, 2.45) is 0 Å². The van der Waals surface area contributed by atoms with Crippen molar-refractivity contribution in [3.63, 3.8) is 0 Å². The van der Waals surface area contributed by atoms with Crippen molar-refractivity contribution in [3.05, 3.63) is 71.8 Å². The molecule has 2 aromatic rings. The quantitative estimate of drug-likeness (QED) is 0.768. The van der Waals surface area contributed by atoms with E-state index < -0.39 is 0 Å². The monoisotopic (exact) mass is 279 g/mol. The Hall–Kier alpha value is -1.93.